The van der Waals surface area contributed by atoms with Crippen molar-refractivity contribution < 1.29 is 9.21 Å². The Morgan fingerprint density at radius 1 is 1.14 bits per heavy atom. The van der Waals surface area contributed by atoms with Crippen LogP contribution in [-0.4, -0.2) is 22.3 Å². The van der Waals surface area contributed by atoms with E-state index in [0.29, 0.717) is 17.5 Å². The monoisotopic (exact) mass is 406 g/mol. The Hall–Kier alpha value is -2.57. The molecule has 1 amide bonds. The summed E-state index contributed by atoms with van der Waals surface area (Å²) in [5, 5.41) is 2.74. The molecule has 4 aromatic rings. The van der Waals surface area contributed by atoms with Gasteiger partial charge in [0.2, 0.25) is 0 Å². The molecule has 0 fully saturated rings. The first-order valence-corrected chi connectivity index (χ1v) is 11.1. The van der Waals surface area contributed by atoms with Crippen LogP contribution in [0.2, 0.25) is 0 Å². The van der Waals surface area contributed by atoms with Crippen LogP contribution in [-0.2, 0) is 18.7 Å². The highest BCUT2D eigenvalue weighted by Gasteiger charge is 2.24. The average Bonchev–Trinajstić information content (AvgIpc) is 3.37. The highest BCUT2D eigenvalue weighted by molar-refractivity contribution is 7.98. The molecule has 0 radical (unpaired) electrons. The predicted molar refractivity (Wildman–Crippen MR) is 113 cm³/mol. The van der Waals surface area contributed by atoms with E-state index in [1.807, 2.05) is 53.4 Å². The number of thiophene rings is 1. The summed E-state index contributed by atoms with van der Waals surface area (Å²) in [4.78, 5) is 21.1. The number of carbonyl (C=O) groups is 1. The minimum absolute atomic E-state index is 0.102. The van der Waals surface area contributed by atoms with E-state index in [1.54, 1.807) is 11.3 Å². The van der Waals surface area contributed by atoms with Crippen LogP contribution in [0.3, 0.4) is 0 Å². The molecule has 4 nitrogen and oxygen atoms in total. The van der Waals surface area contributed by atoms with Gasteiger partial charge in [0.15, 0.2) is 5.58 Å². The first kappa shape index (κ1) is 17.5. The number of hydrogen-bond donors (Lipinski definition) is 0. The van der Waals surface area contributed by atoms with Crippen molar-refractivity contribution >= 4 is 40.1 Å². The van der Waals surface area contributed by atoms with Gasteiger partial charge in [-0.05, 0) is 47.2 Å². The van der Waals surface area contributed by atoms with Crippen molar-refractivity contribution in [3.8, 4) is 0 Å². The van der Waals surface area contributed by atoms with Crippen LogP contribution in [0.15, 0.2) is 69.6 Å². The maximum Gasteiger partial charge on any atom is 0.257 e. The van der Waals surface area contributed by atoms with E-state index < -0.39 is 0 Å². The summed E-state index contributed by atoms with van der Waals surface area (Å²) < 4.78 is 5.79. The van der Waals surface area contributed by atoms with Crippen LogP contribution >= 0.6 is 23.1 Å². The van der Waals surface area contributed by atoms with E-state index in [1.165, 1.54) is 22.2 Å². The lowest BCUT2D eigenvalue weighted by atomic mass is 10.0. The van der Waals surface area contributed by atoms with Gasteiger partial charge < -0.3 is 9.32 Å². The normalized spacial score (nSPS) is 13.6. The molecular formula is C22H18N2O2S2. The fourth-order valence-electron chi connectivity index (χ4n) is 3.50. The number of fused-ring (bicyclic) bond motifs is 2. The molecule has 140 valence electrons. The Bertz CT molecular complexity index is 1120. The summed E-state index contributed by atoms with van der Waals surface area (Å²) >= 11 is 3.31. The van der Waals surface area contributed by atoms with Gasteiger partial charge in [0.1, 0.15) is 5.52 Å². The molecule has 5 rings (SSSR count). The van der Waals surface area contributed by atoms with Crippen LogP contribution < -0.4 is 0 Å². The molecule has 2 aromatic heterocycles. The molecule has 0 saturated carbocycles. The van der Waals surface area contributed by atoms with E-state index in [9.17, 15) is 4.79 Å². The molecule has 3 heterocycles. The van der Waals surface area contributed by atoms with Gasteiger partial charge in [0.05, 0.1) is 0 Å². The maximum absolute atomic E-state index is 13.2. The Morgan fingerprint density at radius 2 is 2.00 bits per heavy atom. The number of amides is 1. The molecule has 0 spiro atoms. The Balaban J connectivity index is 1.34. The van der Waals surface area contributed by atoms with Gasteiger partial charge in [-0.3, -0.25) is 4.79 Å². The lowest BCUT2D eigenvalue weighted by molar-refractivity contribution is 0.0735. The zero-order valence-corrected chi connectivity index (χ0v) is 16.8. The lowest BCUT2D eigenvalue weighted by Crippen LogP contribution is -2.35. The number of carbonyl (C=O) groups excluding carboxylic acids is 1. The largest absolute Gasteiger partial charge is 0.431 e. The number of hydrogen-bond acceptors (Lipinski definition) is 5. The van der Waals surface area contributed by atoms with Gasteiger partial charge in [-0.2, -0.15) is 0 Å². The fraction of sp³-hybridized carbons (Fsp3) is 0.182. The Kier molecular flexibility index (Phi) is 4.66. The van der Waals surface area contributed by atoms with E-state index >= 15 is 0 Å². The lowest BCUT2D eigenvalue weighted by Gasteiger charge is -2.27. The molecular weight excluding hydrogens is 388 g/mol. The van der Waals surface area contributed by atoms with Crippen molar-refractivity contribution in [2.24, 2.45) is 0 Å². The van der Waals surface area contributed by atoms with Gasteiger partial charge in [0.25, 0.3) is 11.1 Å². The van der Waals surface area contributed by atoms with Crippen molar-refractivity contribution in [3.63, 3.8) is 0 Å². The molecule has 0 unspecified atom stereocenters. The molecule has 0 N–H and O–H groups in total. The predicted octanol–water partition coefficient (Wildman–Crippen LogP) is 5.38. The third-order valence-corrected chi connectivity index (χ3v) is 6.87. The van der Waals surface area contributed by atoms with Gasteiger partial charge in [-0.1, -0.05) is 42.1 Å². The second-order valence-electron chi connectivity index (χ2n) is 6.74. The third kappa shape index (κ3) is 3.34. The SMILES string of the molecule is O=C(c1ccccc1CSc1nc2ccccc2o1)N1CCc2sccc2C1. The second kappa shape index (κ2) is 7.45. The highest BCUT2D eigenvalue weighted by Crippen LogP contribution is 2.29. The quantitative estimate of drug-likeness (QED) is 0.427. The van der Waals surface area contributed by atoms with Crippen LogP contribution in [0.5, 0.6) is 0 Å². The van der Waals surface area contributed by atoms with Crippen molar-refractivity contribution in [2.75, 3.05) is 6.54 Å². The summed E-state index contributed by atoms with van der Waals surface area (Å²) in [6, 6.07) is 17.7. The topological polar surface area (TPSA) is 46.3 Å². The summed E-state index contributed by atoms with van der Waals surface area (Å²) in [5.41, 5.74) is 4.70. The number of rotatable bonds is 4. The van der Waals surface area contributed by atoms with Gasteiger partial charge in [-0.15, -0.1) is 11.3 Å². The van der Waals surface area contributed by atoms with Crippen LogP contribution in [0.25, 0.3) is 11.1 Å². The molecule has 0 atom stereocenters. The minimum Gasteiger partial charge on any atom is -0.431 e. The van der Waals surface area contributed by atoms with Crippen molar-refractivity contribution in [1.82, 2.24) is 9.88 Å². The molecule has 1 aliphatic rings. The van der Waals surface area contributed by atoms with Crippen molar-refractivity contribution in [2.45, 2.75) is 23.9 Å². The van der Waals surface area contributed by atoms with Gasteiger partial charge >= 0.3 is 0 Å². The number of benzene rings is 2. The standard InChI is InChI=1S/C22H18N2O2S2/c25-21(24-11-9-20-15(13-24)10-12-27-20)17-6-2-1-5-16(17)14-28-22-23-18-7-3-4-8-19(18)26-22/h1-8,10,12H,9,11,13-14H2. The van der Waals surface area contributed by atoms with E-state index in [4.69, 9.17) is 4.42 Å². The van der Waals surface area contributed by atoms with E-state index in [2.05, 4.69) is 16.4 Å². The van der Waals surface area contributed by atoms with Crippen molar-refractivity contribution in [3.05, 3.63) is 81.5 Å². The molecule has 2 aromatic carbocycles. The molecule has 0 aliphatic carbocycles. The number of oxazole rings is 1. The number of aromatic nitrogens is 1. The summed E-state index contributed by atoms with van der Waals surface area (Å²) in [6.07, 6.45) is 0.943. The van der Waals surface area contributed by atoms with Crippen molar-refractivity contribution in [1.29, 1.82) is 0 Å². The fourth-order valence-corrected chi connectivity index (χ4v) is 5.23. The average molecular weight is 407 g/mol. The Labute approximate surface area is 171 Å². The number of nitrogens with zero attached hydrogens (tertiary/aromatic N) is 2. The maximum atomic E-state index is 13.2. The first-order valence-electron chi connectivity index (χ1n) is 9.19. The second-order valence-corrected chi connectivity index (χ2v) is 8.67. The Morgan fingerprint density at radius 3 is 2.93 bits per heavy atom. The molecule has 0 saturated heterocycles. The van der Waals surface area contributed by atoms with Gasteiger partial charge in [0, 0.05) is 29.3 Å². The molecule has 28 heavy (non-hydrogen) atoms. The van der Waals surface area contributed by atoms with Crippen LogP contribution in [0, 0.1) is 0 Å². The number of thioether (sulfide) groups is 1. The van der Waals surface area contributed by atoms with Crippen LogP contribution in [0.4, 0.5) is 0 Å². The van der Waals surface area contributed by atoms with Gasteiger partial charge in [-0.25, -0.2) is 4.98 Å². The molecule has 6 heteroatoms. The molecule has 0 bridgehead atoms. The smallest absolute Gasteiger partial charge is 0.257 e. The summed E-state index contributed by atoms with van der Waals surface area (Å²) in [7, 11) is 0. The van der Waals surface area contributed by atoms with Crippen LogP contribution in [0.1, 0.15) is 26.4 Å². The minimum atomic E-state index is 0.102. The van der Waals surface area contributed by atoms with E-state index in [0.717, 1.165) is 35.2 Å². The summed E-state index contributed by atoms with van der Waals surface area (Å²) in [5.74, 6) is 0.748. The molecule has 1 aliphatic heterocycles. The first-order chi connectivity index (χ1) is 13.8. The summed E-state index contributed by atoms with van der Waals surface area (Å²) in [6.45, 7) is 1.48. The highest BCUT2D eigenvalue weighted by atomic mass is 32.2. The third-order valence-electron chi connectivity index (χ3n) is 4.97. The number of para-hydroxylation sites is 2. The zero-order valence-electron chi connectivity index (χ0n) is 15.1. The van der Waals surface area contributed by atoms with E-state index in [-0.39, 0.29) is 5.91 Å². The zero-order chi connectivity index (χ0) is 18.9.